The molecule has 0 atom stereocenters. The summed E-state index contributed by atoms with van der Waals surface area (Å²) >= 11 is 0. The van der Waals surface area contributed by atoms with Gasteiger partial charge in [-0.15, -0.1) is 0 Å². The number of methoxy groups -OCH3 is 1. The fraction of sp³-hybridized carbons (Fsp3) is 0.300. The Morgan fingerprint density at radius 1 is 1.08 bits per heavy atom. The molecule has 0 radical (unpaired) electrons. The smallest absolute Gasteiger partial charge is 0.251 e. The Hall–Kier alpha value is -3.02. The van der Waals surface area contributed by atoms with E-state index in [-0.39, 0.29) is 17.7 Å². The highest BCUT2D eigenvalue weighted by atomic mass is 16.5. The van der Waals surface area contributed by atoms with Gasteiger partial charge in [0, 0.05) is 17.2 Å². The Kier molecular flexibility index (Phi) is 5.73. The Bertz CT molecular complexity index is 770. The number of carbonyl (C=O) groups is 2. The first-order valence-electron chi connectivity index (χ1n) is 8.61. The molecule has 0 aromatic heterocycles. The van der Waals surface area contributed by atoms with Crippen LogP contribution in [0.25, 0.3) is 0 Å². The summed E-state index contributed by atoms with van der Waals surface area (Å²) in [7, 11) is 1.61. The molecule has 2 aromatic rings. The van der Waals surface area contributed by atoms with Gasteiger partial charge in [-0.2, -0.15) is 0 Å². The predicted octanol–water partition coefficient (Wildman–Crippen LogP) is 2.85. The zero-order valence-electron chi connectivity index (χ0n) is 14.7. The second kappa shape index (κ2) is 8.38. The van der Waals surface area contributed by atoms with Crippen LogP contribution in [0.4, 0.5) is 5.69 Å². The van der Waals surface area contributed by atoms with Crippen molar-refractivity contribution in [2.45, 2.75) is 12.8 Å². The average molecular weight is 354 g/mol. The summed E-state index contributed by atoms with van der Waals surface area (Å²) in [6.45, 7) is 0.736. The summed E-state index contributed by atoms with van der Waals surface area (Å²) in [6, 6.07) is 14.2. The number of hydrogen-bond acceptors (Lipinski definition) is 4. The summed E-state index contributed by atoms with van der Waals surface area (Å²) in [4.78, 5) is 24.0. The predicted molar refractivity (Wildman–Crippen MR) is 98.6 cm³/mol. The minimum Gasteiger partial charge on any atom is -0.497 e. The van der Waals surface area contributed by atoms with Gasteiger partial charge >= 0.3 is 0 Å². The highest BCUT2D eigenvalue weighted by Gasteiger charge is 2.29. The van der Waals surface area contributed by atoms with Gasteiger partial charge in [0.05, 0.1) is 13.7 Å². The molecule has 1 fully saturated rings. The third-order valence-electron chi connectivity index (χ3n) is 4.06. The standard InChI is InChI=1S/C20H22N2O4/c1-25-17-7-9-18(10-8-17)26-12-11-21-19(23)15-3-2-4-16(13-15)22-20(24)14-5-6-14/h2-4,7-10,13-14H,5-6,11-12H2,1H3,(H,21,23)(H,22,24). The molecule has 0 heterocycles. The zero-order valence-corrected chi connectivity index (χ0v) is 14.7. The average Bonchev–Trinajstić information content (AvgIpc) is 3.51. The number of anilines is 1. The van der Waals surface area contributed by atoms with E-state index in [0.717, 1.165) is 18.6 Å². The van der Waals surface area contributed by atoms with Gasteiger partial charge in [-0.3, -0.25) is 9.59 Å². The minimum atomic E-state index is -0.203. The quantitative estimate of drug-likeness (QED) is 0.715. The highest BCUT2D eigenvalue weighted by Crippen LogP contribution is 2.30. The number of amides is 2. The lowest BCUT2D eigenvalue weighted by Gasteiger charge is -2.09. The number of carbonyl (C=O) groups excluding carboxylic acids is 2. The fourth-order valence-corrected chi connectivity index (χ4v) is 2.44. The molecule has 136 valence electrons. The Labute approximate surface area is 152 Å². The molecule has 0 saturated heterocycles. The number of ether oxygens (including phenoxy) is 2. The van der Waals surface area contributed by atoms with Crippen LogP contribution in [-0.4, -0.2) is 32.1 Å². The van der Waals surface area contributed by atoms with Crippen LogP contribution in [0.1, 0.15) is 23.2 Å². The summed E-state index contributed by atoms with van der Waals surface area (Å²) in [5.41, 5.74) is 1.15. The van der Waals surface area contributed by atoms with Gasteiger partial charge in [0.2, 0.25) is 5.91 Å². The lowest BCUT2D eigenvalue weighted by molar-refractivity contribution is -0.117. The van der Waals surface area contributed by atoms with Crippen molar-refractivity contribution in [1.82, 2.24) is 5.32 Å². The van der Waals surface area contributed by atoms with Gasteiger partial charge in [0.1, 0.15) is 18.1 Å². The van der Waals surface area contributed by atoms with E-state index in [4.69, 9.17) is 9.47 Å². The Balaban J connectivity index is 1.44. The number of hydrogen-bond donors (Lipinski definition) is 2. The largest absolute Gasteiger partial charge is 0.497 e. The van der Waals surface area contributed by atoms with Crippen LogP contribution in [0.2, 0.25) is 0 Å². The normalized spacial score (nSPS) is 13.0. The summed E-state index contributed by atoms with van der Waals surface area (Å²) in [5, 5.41) is 5.65. The first kappa shape index (κ1) is 17.8. The van der Waals surface area contributed by atoms with E-state index in [9.17, 15) is 9.59 Å². The summed E-state index contributed by atoms with van der Waals surface area (Å²) < 4.78 is 10.7. The molecule has 26 heavy (non-hydrogen) atoms. The van der Waals surface area contributed by atoms with Crippen LogP contribution in [0.5, 0.6) is 11.5 Å². The van der Waals surface area contributed by atoms with Crippen molar-refractivity contribution in [2.75, 3.05) is 25.6 Å². The first-order valence-corrected chi connectivity index (χ1v) is 8.61. The Morgan fingerprint density at radius 3 is 2.50 bits per heavy atom. The molecular formula is C20H22N2O4. The van der Waals surface area contributed by atoms with E-state index in [1.807, 2.05) is 24.3 Å². The van der Waals surface area contributed by atoms with Gasteiger partial charge < -0.3 is 20.1 Å². The van der Waals surface area contributed by atoms with E-state index < -0.39 is 0 Å². The van der Waals surface area contributed by atoms with Crippen LogP contribution in [-0.2, 0) is 4.79 Å². The fourth-order valence-electron chi connectivity index (χ4n) is 2.44. The van der Waals surface area contributed by atoms with Crippen molar-refractivity contribution in [2.24, 2.45) is 5.92 Å². The molecule has 1 saturated carbocycles. The first-order chi connectivity index (χ1) is 12.7. The molecule has 2 amide bonds. The second-order valence-corrected chi connectivity index (χ2v) is 6.12. The molecule has 0 bridgehead atoms. The molecule has 6 heteroatoms. The minimum absolute atomic E-state index is 0.0236. The molecule has 0 aliphatic heterocycles. The summed E-state index contributed by atoms with van der Waals surface area (Å²) in [5.74, 6) is 1.42. The topological polar surface area (TPSA) is 76.7 Å². The molecule has 0 spiro atoms. The molecule has 6 nitrogen and oxygen atoms in total. The molecule has 0 unspecified atom stereocenters. The Morgan fingerprint density at radius 2 is 1.81 bits per heavy atom. The number of benzene rings is 2. The third-order valence-corrected chi connectivity index (χ3v) is 4.06. The van der Waals surface area contributed by atoms with Crippen LogP contribution in [0.3, 0.4) is 0 Å². The van der Waals surface area contributed by atoms with Crippen LogP contribution in [0.15, 0.2) is 48.5 Å². The van der Waals surface area contributed by atoms with Crippen molar-refractivity contribution < 1.29 is 19.1 Å². The third kappa shape index (κ3) is 4.99. The number of nitrogens with one attached hydrogen (secondary N) is 2. The van der Waals surface area contributed by atoms with Gasteiger partial charge in [-0.25, -0.2) is 0 Å². The lowest BCUT2D eigenvalue weighted by atomic mass is 10.2. The molecular weight excluding hydrogens is 332 g/mol. The highest BCUT2D eigenvalue weighted by molar-refractivity contribution is 5.98. The molecule has 1 aliphatic rings. The maximum atomic E-state index is 12.2. The maximum Gasteiger partial charge on any atom is 0.251 e. The molecule has 1 aliphatic carbocycles. The van der Waals surface area contributed by atoms with E-state index in [1.165, 1.54) is 0 Å². The van der Waals surface area contributed by atoms with Crippen molar-refractivity contribution in [3.63, 3.8) is 0 Å². The SMILES string of the molecule is COc1ccc(OCCNC(=O)c2cccc(NC(=O)C3CC3)c2)cc1. The second-order valence-electron chi connectivity index (χ2n) is 6.12. The monoisotopic (exact) mass is 354 g/mol. The molecule has 3 rings (SSSR count). The lowest BCUT2D eigenvalue weighted by Crippen LogP contribution is -2.28. The van der Waals surface area contributed by atoms with Crippen molar-refractivity contribution in [3.05, 3.63) is 54.1 Å². The van der Waals surface area contributed by atoms with Crippen LogP contribution in [0, 0.1) is 5.92 Å². The van der Waals surface area contributed by atoms with Crippen LogP contribution < -0.4 is 20.1 Å². The van der Waals surface area contributed by atoms with E-state index in [0.29, 0.717) is 30.2 Å². The number of rotatable bonds is 8. The summed E-state index contributed by atoms with van der Waals surface area (Å²) in [6.07, 6.45) is 1.89. The van der Waals surface area contributed by atoms with Crippen LogP contribution >= 0.6 is 0 Å². The maximum absolute atomic E-state index is 12.2. The van der Waals surface area contributed by atoms with Gasteiger partial charge in [-0.05, 0) is 55.3 Å². The van der Waals surface area contributed by atoms with E-state index in [2.05, 4.69) is 10.6 Å². The molecule has 2 aromatic carbocycles. The van der Waals surface area contributed by atoms with Crippen molar-refractivity contribution in [3.8, 4) is 11.5 Å². The molecule has 2 N–H and O–H groups in total. The van der Waals surface area contributed by atoms with E-state index >= 15 is 0 Å². The zero-order chi connectivity index (χ0) is 18.4. The van der Waals surface area contributed by atoms with Gasteiger partial charge in [0.25, 0.3) is 5.91 Å². The van der Waals surface area contributed by atoms with Crippen molar-refractivity contribution in [1.29, 1.82) is 0 Å². The van der Waals surface area contributed by atoms with E-state index in [1.54, 1.807) is 31.4 Å². The van der Waals surface area contributed by atoms with Crippen molar-refractivity contribution >= 4 is 17.5 Å². The van der Waals surface area contributed by atoms with Gasteiger partial charge in [0.15, 0.2) is 0 Å². The van der Waals surface area contributed by atoms with Gasteiger partial charge in [-0.1, -0.05) is 6.07 Å².